The van der Waals surface area contributed by atoms with Crippen LogP contribution in [0.5, 0.6) is 11.5 Å². The number of hydrogen-bond donors (Lipinski definition) is 1. The molecule has 0 unspecified atom stereocenters. The van der Waals surface area contributed by atoms with Gasteiger partial charge in [-0.25, -0.2) is 4.39 Å². The van der Waals surface area contributed by atoms with Crippen molar-refractivity contribution in [2.24, 2.45) is 5.73 Å². The van der Waals surface area contributed by atoms with Crippen LogP contribution in [0.4, 0.5) is 4.39 Å². The molecular weight excluding hydrogens is 375 g/mol. The maximum absolute atomic E-state index is 13.5. The third kappa shape index (κ3) is 4.43. The Bertz CT molecular complexity index is 872. The van der Waals surface area contributed by atoms with E-state index in [0.29, 0.717) is 0 Å². The number of hydrogen-bond acceptors (Lipinski definition) is 6. The number of methoxy groups -OCH3 is 1. The fourth-order valence-corrected chi connectivity index (χ4v) is 4.08. The van der Waals surface area contributed by atoms with Crippen LogP contribution in [0.2, 0.25) is 0 Å². The first kappa shape index (κ1) is 19.8. The molecule has 8 heteroatoms. The van der Waals surface area contributed by atoms with E-state index in [1.807, 2.05) is 24.3 Å². The number of nitrogens with two attached hydrogens (primary N) is 1. The van der Waals surface area contributed by atoms with Gasteiger partial charge in [0.25, 0.3) is 0 Å². The summed E-state index contributed by atoms with van der Waals surface area (Å²) in [5, 5.41) is 0.924. The molecule has 2 aliphatic heterocycles. The van der Waals surface area contributed by atoms with Crippen molar-refractivity contribution in [2.45, 2.75) is 37.7 Å². The molecule has 29 heavy (non-hydrogen) atoms. The van der Waals surface area contributed by atoms with Gasteiger partial charge in [-0.3, -0.25) is 14.7 Å². The van der Waals surface area contributed by atoms with Crippen molar-refractivity contribution >= 4 is 16.8 Å². The van der Waals surface area contributed by atoms with Gasteiger partial charge in [0.15, 0.2) is 0 Å². The number of benzene rings is 1. The molecule has 0 spiro atoms. The van der Waals surface area contributed by atoms with Crippen molar-refractivity contribution in [1.29, 1.82) is 0 Å². The Balaban J connectivity index is 1.33. The number of pyridine rings is 1. The fraction of sp³-hybridized carbons (Fsp3) is 0.524. The van der Waals surface area contributed by atoms with Crippen molar-refractivity contribution in [2.75, 3.05) is 33.3 Å². The number of carbonyl (C=O) groups excluding carboxylic acids is 1. The Morgan fingerprint density at radius 1 is 1.31 bits per heavy atom. The largest absolute Gasteiger partial charge is 0.497 e. The van der Waals surface area contributed by atoms with Crippen molar-refractivity contribution in [3.05, 3.63) is 30.5 Å². The molecule has 2 saturated heterocycles. The van der Waals surface area contributed by atoms with E-state index in [1.165, 1.54) is 4.90 Å². The lowest BCUT2D eigenvalue weighted by molar-refractivity contribution is -0.133. The topological polar surface area (TPSA) is 80.9 Å². The molecule has 2 atom stereocenters. The number of nitrogens with zero attached hydrogens (tertiary/aromatic N) is 3. The smallest absolute Gasteiger partial charge is 0.238 e. The number of fused-ring (bicyclic) bond motifs is 1. The summed E-state index contributed by atoms with van der Waals surface area (Å²) in [6.45, 7) is 1.90. The number of amides is 1. The molecule has 3 heterocycles. The first-order chi connectivity index (χ1) is 14.0. The second-order valence-electron chi connectivity index (χ2n) is 7.73. The first-order valence-corrected chi connectivity index (χ1v) is 10.0. The summed E-state index contributed by atoms with van der Waals surface area (Å²) < 4.78 is 25.0. The van der Waals surface area contributed by atoms with E-state index >= 15 is 0 Å². The van der Waals surface area contributed by atoms with E-state index in [1.54, 1.807) is 13.3 Å². The Morgan fingerprint density at radius 3 is 2.79 bits per heavy atom. The highest BCUT2D eigenvalue weighted by Crippen LogP contribution is 2.30. The average Bonchev–Trinajstić information content (AvgIpc) is 3.07. The molecule has 0 aliphatic carbocycles. The van der Waals surface area contributed by atoms with Crippen LogP contribution >= 0.6 is 0 Å². The van der Waals surface area contributed by atoms with Crippen molar-refractivity contribution in [1.82, 2.24) is 14.8 Å². The number of alkyl halides is 1. The lowest BCUT2D eigenvalue weighted by Crippen LogP contribution is -2.48. The van der Waals surface area contributed by atoms with Crippen LogP contribution in [0.1, 0.15) is 19.3 Å². The van der Waals surface area contributed by atoms with E-state index in [0.717, 1.165) is 48.3 Å². The molecule has 1 aromatic heterocycles. The van der Waals surface area contributed by atoms with Crippen molar-refractivity contribution < 1.29 is 18.7 Å². The summed E-state index contributed by atoms with van der Waals surface area (Å²) in [5.41, 5.74) is 6.72. The number of likely N-dealkylation sites (tertiary alicyclic amines) is 2. The van der Waals surface area contributed by atoms with Gasteiger partial charge in [0.2, 0.25) is 5.91 Å². The van der Waals surface area contributed by atoms with Crippen molar-refractivity contribution in [3.8, 4) is 11.5 Å². The summed E-state index contributed by atoms with van der Waals surface area (Å²) in [4.78, 5) is 20.4. The summed E-state index contributed by atoms with van der Waals surface area (Å²) in [5.74, 6) is 1.46. The van der Waals surface area contributed by atoms with Gasteiger partial charge in [-0.05, 0) is 37.1 Å². The normalized spacial score (nSPS) is 23.5. The minimum atomic E-state index is -1.01. The molecule has 2 fully saturated rings. The maximum atomic E-state index is 13.5. The van der Waals surface area contributed by atoms with Crippen LogP contribution in [0.15, 0.2) is 30.5 Å². The summed E-state index contributed by atoms with van der Waals surface area (Å²) >= 11 is 0. The summed E-state index contributed by atoms with van der Waals surface area (Å²) in [6.07, 6.45) is 2.17. The quantitative estimate of drug-likeness (QED) is 0.823. The van der Waals surface area contributed by atoms with Crippen LogP contribution in [-0.2, 0) is 4.79 Å². The molecule has 0 radical (unpaired) electrons. The number of carbonyl (C=O) groups is 1. The Kier molecular flexibility index (Phi) is 5.82. The Hall–Kier alpha value is -2.45. The third-order valence-electron chi connectivity index (χ3n) is 5.71. The lowest BCUT2D eigenvalue weighted by atomic mass is 10.1. The van der Waals surface area contributed by atoms with Gasteiger partial charge in [0, 0.05) is 31.1 Å². The zero-order valence-electron chi connectivity index (χ0n) is 16.6. The van der Waals surface area contributed by atoms with E-state index in [4.69, 9.17) is 15.2 Å². The molecule has 0 saturated carbocycles. The molecule has 1 amide bonds. The molecule has 2 N–H and O–H groups in total. The number of aromatic nitrogens is 1. The monoisotopic (exact) mass is 402 g/mol. The van der Waals surface area contributed by atoms with E-state index in [-0.39, 0.29) is 31.5 Å². The SMILES string of the molecule is COc1ccc2nccc(OC3CCN(CC(=O)N4C[C@@H](F)C[C@H]4N)CC3)c2c1. The molecule has 2 aromatic rings. The van der Waals surface area contributed by atoms with Gasteiger partial charge in [0.05, 0.1) is 31.9 Å². The second kappa shape index (κ2) is 8.51. The summed E-state index contributed by atoms with van der Waals surface area (Å²) in [7, 11) is 1.64. The van der Waals surface area contributed by atoms with E-state index in [9.17, 15) is 9.18 Å². The van der Waals surface area contributed by atoms with Crippen molar-refractivity contribution in [3.63, 3.8) is 0 Å². The van der Waals surface area contributed by atoms with Crippen LogP contribution in [0, 0.1) is 0 Å². The molecule has 7 nitrogen and oxygen atoms in total. The van der Waals surface area contributed by atoms with Gasteiger partial charge in [0.1, 0.15) is 23.8 Å². The number of halogens is 1. The number of piperidine rings is 1. The maximum Gasteiger partial charge on any atom is 0.238 e. The number of ether oxygens (including phenoxy) is 2. The van der Waals surface area contributed by atoms with Crippen LogP contribution < -0.4 is 15.2 Å². The molecule has 4 rings (SSSR count). The van der Waals surface area contributed by atoms with E-state index < -0.39 is 12.3 Å². The molecule has 0 bridgehead atoms. The zero-order chi connectivity index (χ0) is 20.4. The highest BCUT2D eigenvalue weighted by atomic mass is 19.1. The molecule has 2 aliphatic rings. The van der Waals surface area contributed by atoms with Crippen LogP contribution in [0.25, 0.3) is 10.9 Å². The van der Waals surface area contributed by atoms with Gasteiger partial charge in [-0.2, -0.15) is 0 Å². The lowest BCUT2D eigenvalue weighted by Gasteiger charge is -2.33. The number of rotatable bonds is 5. The van der Waals surface area contributed by atoms with Gasteiger partial charge >= 0.3 is 0 Å². The van der Waals surface area contributed by atoms with E-state index in [2.05, 4.69) is 9.88 Å². The molecular formula is C21H27FN4O3. The average molecular weight is 402 g/mol. The second-order valence-corrected chi connectivity index (χ2v) is 7.73. The molecule has 1 aromatic carbocycles. The van der Waals surface area contributed by atoms with Crippen LogP contribution in [-0.4, -0.2) is 72.4 Å². The molecule has 156 valence electrons. The first-order valence-electron chi connectivity index (χ1n) is 10.0. The predicted octanol–water partition coefficient (Wildman–Crippen LogP) is 1.94. The minimum Gasteiger partial charge on any atom is -0.497 e. The fourth-order valence-electron chi connectivity index (χ4n) is 4.08. The van der Waals surface area contributed by atoms with Crippen LogP contribution in [0.3, 0.4) is 0 Å². The zero-order valence-corrected chi connectivity index (χ0v) is 16.6. The highest BCUT2D eigenvalue weighted by molar-refractivity contribution is 5.86. The van der Waals surface area contributed by atoms with Gasteiger partial charge in [-0.15, -0.1) is 0 Å². The summed E-state index contributed by atoms with van der Waals surface area (Å²) in [6, 6.07) is 7.61. The van der Waals surface area contributed by atoms with Gasteiger partial charge < -0.3 is 20.1 Å². The Labute approximate surface area is 169 Å². The third-order valence-corrected chi connectivity index (χ3v) is 5.71. The standard InChI is InChI=1S/C21H27FN4O3/c1-28-16-2-3-18-17(11-16)19(4-7-24-18)29-15-5-8-25(9-6-15)13-21(27)26-12-14(22)10-20(26)23/h2-4,7,11,14-15,20H,5-6,8-10,12-13,23H2,1H3/t14-,20-/m0/s1. The van der Waals surface area contributed by atoms with Gasteiger partial charge in [-0.1, -0.05) is 0 Å². The highest BCUT2D eigenvalue weighted by Gasteiger charge is 2.34. The Morgan fingerprint density at radius 2 is 2.10 bits per heavy atom. The predicted molar refractivity (Wildman–Crippen MR) is 108 cm³/mol. The minimum absolute atomic E-state index is 0.0717.